The van der Waals surface area contributed by atoms with Crippen LogP contribution >= 0.6 is 12.4 Å². The van der Waals surface area contributed by atoms with Crippen LogP contribution in [0.15, 0.2) is 47.0 Å². The number of fused-ring (bicyclic) bond motifs is 2. The molecule has 0 saturated carbocycles. The third kappa shape index (κ3) is 4.22. The van der Waals surface area contributed by atoms with Crippen LogP contribution in [0.5, 0.6) is 0 Å². The Labute approximate surface area is 180 Å². The van der Waals surface area contributed by atoms with Crippen molar-refractivity contribution in [3.8, 4) is 0 Å². The number of hydrogen-bond donors (Lipinski definition) is 2. The Morgan fingerprint density at radius 3 is 2.93 bits per heavy atom. The highest BCUT2D eigenvalue weighted by Gasteiger charge is 2.23. The van der Waals surface area contributed by atoms with E-state index in [0.717, 1.165) is 33.4 Å². The molecule has 0 aliphatic carbocycles. The average molecular weight is 427 g/mol. The highest BCUT2D eigenvalue weighted by atomic mass is 35.5. The smallest absolute Gasteiger partial charge is 0.246 e. The third-order valence-corrected chi connectivity index (χ3v) is 5.12. The number of nitrogens with zero attached hydrogens (tertiary/aromatic N) is 2. The quantitative estimate of drug-likeness (QED) is 0.624. The van der Waals surface area contributed by atoms with Gasteiger partial charge in [-0.05, 0) is 36.3 Å². The molecule has 7 nitrogen and oxygen atoms in total. The van der Waals surface area contributed by atoms with Crippen LogP contribution < -0.4 is 11.1 Å². The van der Waals surface area contributed by atoms with E-state index < -0.39 is 6.04 Å². The minimum atomic E-state index is -0.580. The van der Waals surface area contributed by atoms with Crippen LogP contribution in [0.2, 0.25) is 0 Å². The molecule has 2 aromatic heterocycles. The van der Waals surface area contributed by atoms with Gasteiger partial charge in [-0.15, -0.1) is 12.4 Å². The van der Waals surface area contributed by atoms with Crippen molar-refractivity contribution >= 4 is 47.1 Å². The Balaban J connectivity index is 0.00000256. The molecule has 1 atom stereocenters. The molecule has 0 fully saturated rings. The Bertz CT molecular complexity index is 1140. The molecule has 1 unspecified atom stereocenters. The van der Waals surface area contributed by atoms with Crippen molar-refractivity contribution in [3.05, 3.63) is 65.1 Å². The molecule has 0 bridgehead atoms. The number of benzene rings is 1. The van der Waals surface area contributed by atoms with Gasteiger partial charge in [-0.1, -0.05) is 18.2 Å². The van der Waals surface area contributed by atoms with Gasteiger partial charge in [0, 0.05) is 36.7 Å². The lowest BCUT2D eigenvalue weighted by Crippen LogP contribution is -2.41. The van der Waals surface area contributed by atoms with E-state index in [0.29, 0.717) is 18.8 Å². The van der Waals surface area contributed by atoms with Gasteiger partial charge in [0.05, 0.1) is 12.6 Å². The summed E-state index contributed by atoms with van der Waals surface area (Å²) in [6.45, 7) is 2.38. The number of halogens is 1. The largest absolute Gasteiger partial charge is 0.459 e. The molecule has 4 rings (SSSR count). The van der Waals surface area contributed by atoms with E-state index in [1.54, 1.807) is 24.2 Å². The van der Waals surface area contributed by atoms with Crippen molar-refractivity contribution in [1.29, 1.82) is 0 Å². The summed E-state index contributed by atoms with van der Waals surface area (Å²) in [7, 11) is 1.74. The van der Waals surface area contributed by atoms with Gasteiger partial charge in [0.1, 0.15) is 17.2 Å². The summed E-state index contributed by atoms with van der Waals surface area (Å²) < 4.78 is 5.89. The van der Waals surface area contributed by atoms with Crippen LogP contribution in [0.25, 0.3) is 17.0 Å². The number of furan rings is 1. The van der Waals surface area contributed by atoms with E-state index in [1.807, 2.05) is 37.3 Å². The van der Waals surface area contributed by atoms with Crippen molar-refractivity contribution in [2.24, 2.45) is 5.73 Å². The van der Waals surface area contributed by atoms with Crippen LogP contribution in [0.4, 0.5) is 5.82 Å². The number of aromatic nitrogens is 1. The lowest BCUT2D eigenvalue weighted by Gasteiger charge is -2.20. The number of likely N-dealkylation sites (N-methyl/N-ethyl adjacent to an activating group) is 1. The fraction of sp³-hybridized carbons (Fsp3) is 0.227. The monoisotopic (exact) mass is 426 g/mol. The molecule has 156 valence electrons. The minimum Gasteiger partial charge on any atom is -0.459 e. The standard InChI is InChI=1S/C22H22N4O3.ClH/c1-13-16-5-3-4-6-18(16)29-19(13)12-26(2)20(27)8-7-14-9-15-10-17(23)22(28)25-21(15)24-11-14;/h3-9,11,17H,10,12,23H2,1-2H3,(H,24,25,28);1H/b8-7+;. The van der Waals surface area contributed by atoms with Gasteiger partial charge in [0.15, 0.2) is 0 Å². The van der Waals surface area contributed by atoms with Crippen LogP contribution in [0, 0.1) is 6.92 Å². The number of pyridine rings is 1. The van der Waals surface area contributed by atoms with Crippen molar-refractivity contribution in [2.75, 3.05) is 12.4 Å². The molecule has 3 aromatic rings. The molecule has 0 radical (unpaired) electrons. The zero-order chi connectivity index (χ0) is 20.5. The molecular formula is C22H23ClN4O3. The number of carbonyl (C=O) groups excluding carboxylic acids is 2. The van der Waals surface area contributed by atoms with E-state index in [4.69, 9.17) is 10.2 Å². The molecule has 1 aliphatic rings. The number of carbonyl (C=O) groups is 2. The summed E-state index contributed by atoms with van der Waals surface area (Å²) in [6.07, 6.45) is 5.25. The van der Waals surface area contributed by atoms with Crippen molar-refractivity contribution in [3.63, 3.8) is 0 Å². The summed E-state index contributed by atoms with van der Waals surface area (Å²) in [5, 5.41) is 3.74. The van der Waals surface area contributed by atoms with Gasteiger partial charge in [0.25, 0.3) is 0 Å². The van der Waals surface area contributed by atoms with Gasteiger partial charge < -0.3 is 20.4 Å². The normalized spacial score (nSPS) is 15.6. The van der Waals surface area contributed by atoms with Crippen LogP contribution in [-0.4, -0.2) is 34.8 Å². The van der Waals surface area contributed by atoms with Crippen LogP contribution in [0.1, 0.15) is 22.5 Å². The number of aryl methyl sites for hydroxylation is 1. The van der Waals surface area contributed by atoms with E-state index in [9.17, 15) is 9.59 Å². The molecule has 3 heterocycles. The predicted molar refractivity (Wildman–Crippen MR) is 118 cm³/mol. The molecule has 0 spiro atoms. The maximum atomic E-state index is 12.5. The SMILES string of the molecule is Cc1c(CN(C)C(=O)/C=C/c2cnc3c(c2)CC(N)C(=O)N3)oc2ccccc12.Cl. The van der Waals surface area contributed by atoms with Crippen LogP contribution in [0.3, 0.4) is 0 Å². The first-order valence-electron chi connectivity index (χ1n) is 9.38. The summed E-state index contributed by atoms with van der Waals surface area (Å²) in [5.74, 6) is 0.923. The molecule has 1 aromatic carbocycles. The van der Waals surface area contributed by atoms with Crippen molar-refractivity contribution < 1.29 is 14.0 Å². The number of hydrogen-bond acceptors (Lipinski definition) is 5. The van der Waals surface area contributed by atoms with Crippen molar-refractivity contribution in [2.45, 2.75) is 25.9 Å². The lowest BCUT2D eigenvalue weighted by molar-refractivity contribution is -0.125. The van der Waals surface area contributed by atoms with Gasteiger partial charge in [-0.3, -0.25) is 9.59 Å². The molecular weight excluding hydrogens is 404 g/mol. The first-order valence-corrected chi connectivity index (χ1v) is 9.38. The topological polar surface area (TPSA) is 101 Å². The third-order valence-electron chi connectivity index (χ3n) is 5.12. The van der Waals surface area contributed by atoms with Gasteiger partial charge >= 0.3 is 0 Å². The molecule has 0 saturated heterocycles. The molecule has 30 heavy (non-hydrogen) atoms. The van der Waals surface area contributed by atoms with E-state index >= 15 is 0 Å². The second-order valence-electron chi connectivity index (χ2n) is 7.25. The van der Waals surface area contributed by atoms with E-state index in [-0.39, 0.29) is 24.2 Å². The zero-order valence-electron chi connectivity index (χ0n) is 16.7. The number of anilines is 1. The molecule has 2 amide bonds. The Hall–Kier alpha value is -3.16. The van der Waals surface area contributed by atoms with Gasteiger partial charge in [0.2, 0.25) is 11.8 Å². The number of nitrogens with two attached hydrogens (primary N) is 1. The number of nitrogens with one attached hydrogen (secondary N) is 1. The van der Waals surface area contributed by atoms with E-state index in [2.05, 4.69) is 10.3 Å². The minimum absolute atomic E-state index is 0. The van der Waals surface area contributed by atoms with E-state index in [1.165, 1.54) is 6.08 Å². The maximum absolute atomic E-state index is 12.5. The molecule has 8 heteroatoms. The zero-order valence-corrected chi connectivity index (χ0v) is 17.5. The Morgan fingerprint density at radius 2 is 2.17 bits per heavy atom. The summed E-state index contributed by atoms with van der Waals surface area (Å²) in [4.78, 5) is 30.0. The first-order chi connectivity index (χ1) is 13.9. The molecule has 3 N–H and O–H groups in total. The fourth-order valence-electron chi connectivity index (χ4n) is 3.39. The highest BCUT2D eigenvalue weighted by Crippen LogP contribution is 2.26. The maximum Gasteiger partial charge on any atom is 0.246 e. The second kappa shape index (κ2) is 8.69. The summed E-state index contributed by atoms with van der Waals surface area (Å²) >= 11 is 0. The lowest BCUT2D eigenvalue weighted by atomic mass is 10.0. The van der Waals surface area contributed by atoms with Gasteiger partial charge in [-0.25, -0.2) is 4.98 Å². The predicted octanol–water partition coefficient (Wildman–Crippen LogP) is 3.05. The Kier molecular flexibility index (Phi) is 6.24. The fourth-order valence-corrected chi connectivity index (χ4v) is 3.39. The van der Waals surface area contributed by atoms with Crippen LogP contribution in [-0.2, 0) is 22.6 Å². The number of para-hydroxylation sites is 1. The second-order valence-corrected chi connectivity index (χ2v) is 7.25. The molecule has 1 aliphatic heterocycles. The van der Waals surface area contributed by atoms with Crippen molar-refractivity contribution in [1.82, 2.24) is 9.88 Å². The number of rotatable bonds is 4. The van der Waals surface area contributed by atoms with Gasteiger partial charge in [-0.2, -0.15) is 0 Å². The number of amides is 2. The highest BCUT2D eigenvalue weighted by molar-refractivity contribution is 5.97. The Morgan fingerprint density at radius 1 is 1.40 bits per heavy atom. The summed E-state index contributed by atoms with van der Waals surface area (Å²) in [6, 6.07) is 9.13. The summed E-state index contributed by atoms with van der Waals surface area (Å²) in [5.41, 5.74) is 9.29. The first kappa shape index (κ1) is 21.5. The average Bonchev–Trinajstić information content (AvgIpc) is 3.02.